The fourth-order valence-electron chi connectivity index (χ4n) is 4.69. The summed E-state index contributed by atoms with van der Waals surface area (Å²) in [4.78, 5) is 2.27. The predicted molar refractivity (Wildman–Crippen MR) is 118 cm³/mol. The molecule has 1 aliphatic heterocycles. The van der Waals surface area contributed by atoms with Crippen LogP contribution in [0.25, 0.3) is 0 Å². The van der Waals surface area contributed by atoms with Crippen molar-refractivity contribution in [3.05, 3.63) is 71.3 Å². The normalized spacial score (nSPS) is 17.2. The third-order valence-corrected chi connectivity index (χ3v) is 6.37. The summed E-state index contributed by atoms with van der Waals surface area (Å²) in [6.07, 6.45) is -5.71. The highest BCUT2D eigenvalue weighted by Gasteiger charge is 2.39. The molecule has 3 rings (SSSR count). The van der Waals surface area contributed by atoms with Gasteiger partial charge in [0, 0.05) is 17.7 Å². The Hall–Kier alpha value is -2.42. The van der Waals surface area contributed by atoms with Gasteiger partial charge in [-0.15, -0.1) is 0 Å². The summed E-state index contributed by atoms with van der Waals surface area (Å²) in [5.74, 6) is 1.22. The van der Waals surface area contributed by atoms with Crippen molar-refractivity contribution in [2.45, 2.75) is 58.6 Å². The van der Waals surface area contributed by atoms with Gasteiger partial charge in [-0.05, 0) is 74.2 Å². The summed E-state index contributed by atoms with van der Waals surface area (Å²) in [5, 5.41) is 3.07. The molecule has 0 radical (unpaired) electrons. The monoisotopic (exact) mass is 488 g/mol. The molecule has 1 saturated heterocycles. The Labute approximate surface area is 195 Å². The molecule has 0 atom stereocenters. The van der Waals surface area contributed by atoms with Crippen LogP contribution in [0.2, 0.25) is 0 Å². The lowest BCUT2D eigenvalue weighted by Gasteiger charge is -2.44. The zero-order valence-corrected chi connectivity index (χ0v) is 19.3. The number of allylic oxidation sites excluding steroid dienone is 1. The number of hydrogen-bond donors (Lipinski definition) is 1. The van der Waals surface area contributed by atoms with Crippen LogP contribution in [0.4, 0.5) is 26.3 Å². The molecular weight excluding hydrogens is 458 g/mol. The highest BCUT2D eigenvalue weighted by Crippen LogP contribution is 2.43. The molecule has 34 heavy (non-hydrogen) atoms. The summed E-state index contributed by atoms with van der Waals surface area (Å²) in [5.41, 5.74) is -2.34. The van der Waals surface area contributed by atoms with Gasteiger partial charge < -0.3 is 9.73 Å². The number of nitrogens with zero attached hydrogens (tertiary/aromatic N) is 1. The summed E-state index contributed by atoms with van der Waals surface area (Å²) in [6, 6.07) is 5.42. The second-order valence-electron chi connectivity index (χ2n) is 9.48. The third-order valence-electron chi connectivity index (χ3n) is 6.37. The number of halogens is 6. The maximum absolute atomic E-state index is 13.2. The van der Waals surface area contributed by atoms with Crippen molar-refractivity contribution in [1.29, 1.82) is 0 Å². The largest absolute Gasteiger partial charge is 0.468 e. The molecule has 1 fully saturated rings. The highest BCUT2D eigenvalue weighted by molar-refractivity contribution is 5.34. The van der Waals surface area contributed by atoms with E-state index in [1.165, 1.54) is 0 Å². The first-order valence-electron chi connectivity index (χ1n) is 11.2. The molecule has 1 aliphatic rings. The number of piperidine rings is 1. The Bertz CT molecular complexity index is 923. The van der Waals surface area contributed by atoms with Gasteiger partial charge in [-0.25, -0.2) is 0 Å². The lowest BCUT2D eigenvalue weighted by Crippen LogP contribution is -2.43. The minimum Gasteiger partial charge on any atom is -0.468 e. The van der Waals surface area contributed by atoms with Crippen molar-refractivity contribution in [3.63, 3.8) is 0 Å². The Morgan fingerprint density at radius 3 is 2.12 bits per heavy atom. The lowest BCUT2D eigenvalue weighted by atomic mass is 9.70. The molecular formula is C25H30F6N2O. The quantitative estimate of drug-likeness (QED) is 0.397. The summed E-state index contributed by atoms with van der Waals surface area (Å²) in [6.45, 7) is 10.4. The molecule has 0 amide bonds. The van der Waals surface area contributed by atoms with E-state index in [4.69, 9.17) is 4.42 Å². The van der Waals surface area contributed by atoms with Gasteiger partial charge in [0.15, 0.2) is 0 Å². The zero-order valence-electron chi connectivity index (χ0n) is 19.3. The summed E-state index contributed by atoms with van der Waals surface area (Å²) in [7, 11) is 0. The molecule has 0 aliphatic carbocycles. The van der Waals surface area contributed by atoms with Crippen LogP contribution in [-0.4, -0.2) is 18.0 Å². The van der Waals surface area contributed by atoms with Gasteiger partial charge in [0.2, 0.25) is 0 Å². The van der Waals surface area contributed by atoms with E-state index >= 15 is 0 Å². The fraction of sp³-hybridized carbons (Fsp3) is 0.520. The highest BCUT2D eigenvalue weighted by atomic mass is 19.4. The van der Waals surface area contributed by atoms with Crippen LogP contribution in [0.15, 0.2) is 53.3 Å². The zero-order chi connectivity index (χ0) is 25.1. The van der Waals surface area contributed by atoms with Gasteiger partial charge in [0.25, 0.3) is 0 Å². The van der Waals surface area contributed by atoms with Crippen LogP contribution >= 0.6 is 0 Å². The third kappa shape index (κ3) is 6.58. The van der Waals surface area contributed by atoms with E-state index in [0.717, 1.165) is 50.2 Å². The van der Waals surface area contributed by atoms with E-state index < -0.39 is 23.5 Å². The number of likely N-dealkylation sites (tertiary alicyclic amines) is 1. The molecule has 0 bridgehead atoms. The minimum atomic E-state index is -4.87. The molecule has 1 aromatic carbocycles. The molecule has 188 valence electrons. The molecule has 0 unspecified atom stereocenters. The second-order valence-corrected chi connectivity index (χ2v) is 9.48. The molecule has 1 aromatic heterocycles. The van der Waals surface area contributed by atoms with Gasteiger partial charge >= 0.3 is 12.4 Å². The Kier molecular flexibility index (Phi) is 7.75. The van der Waals surface area contributed by atoms with Crippen molar-refractivity contribution in [3.8, 4) is 0 Å². The van der Waals surface area contributed by atoms with E-state index in [-0.39, 0.29) is 23.6 Å². The van der Waals surface area contributed by atoms with Gasteiger partial charge in [0.05, 0.1) is 23.9 Å². The summed E-state index contributed by atoms with van der Waals surface area (Å²) < 4.78 is 84.5. The first kappa shape index (κ1) is 26.2. The molecule has 1 N–H and O–H groups in total. The van der Waals surface area contributed by atoms with Crippen LogP contribution in [0.1, 0.15) is 55.6 Å². The Morgan fingerprint density at radius 2 is 1.65 bits per heavy atom. The first-order chi connectivity index (χ1) is 15.8. The topological polar surface area (TPSA) is 28.4 Å². The van der Waals surface area contributed by atoms with Crippen LogP contribution in [-0.2, 0) is 25.4 Å². The fourth-order valence-corrected chi connectivity index (χ4v) is 4.69. The predicted octanol–water partition coefficient (Wildman–Crippen LogP) is 7.25. The number of benzene rings is 1. The number of nitrogens with one attached hydrogen (secondary N) is 1. The van der Waals surface area contributed by atoms with Gasteiger partial charge in [0.1, 0.15) is 5.76 Å². The maximum atomic E-state index is 13.2. The molecule has 2 heterocycles. The number of furan rings is 1. The van der Waals surface area contributed by atoms with Crippen LogP contribution in [0.5, 0.6) is 0 Å². The molecule has 0 spiro atoms. The molecule has 2 aromatic rings. The Balaban J connectivity index is 1.73. The van der Waals surface area contributed by atoms with Crippen LogP contribution in [0, 0.1) is 11.3 Å². The Morgan fingerprint density at radius 1 is 1.06 bits per heavy atom. The van der Waals surface area contributed by atoms with E-state index in [9.17, 15) is 26.3 Å². The van der Waals surface area contributed by atoms with E-state index in [2.05, 4.69) is 30.6 Å². The van der Waals surface area contributed by atoms with Crippen molar-refractivity contribution < 1.29 is 30.8 Å². The average molecular weight is 489 g/mol. The number of alkyl halides is 6. The standard InChI is InChI=1S/C25H30F6N2O/c1-17(2)14-23(6-8-33(9-7-23)16-22-5-4-10-34-22)18(3)32-15-19-11-20(24(26,27)28)13-21(12-19)25(29,30)31/h4-5,10-13,17,32H,3,6-9,14-16H2,1-2H3. The van der Waals surface area contributed by atoms with E-state index in [1.807, 2.05) is 12.1 Å². The lowest BCUT2D eigenvalue weighted by molar-refractivity contribution is -0.143. The smallest absolute Gasteiger partial charge is 0.416 e. The van der Waals surface area contributed by atoms with Crippen molar-refractivity contribution in [2.75, 3.05) is 13.1 Å². The molecule has 9 heteroatoms. The second kappa shape index (κ2) is 10.1. The van der Waals surface area contributed by atoms with Gasteiger partial charge in [-0.1, -0.05) is 20.4 Å². The average Bonchev–Trinajstić information content (AvgIpc) is 3.24. The molecule has 0 saturated carbocycles. The van der Waals surface area contributed by atoms with Crippen LogP contribution in [0.3, 0.4) is 0 Å². The number of rotatable bonds is 8. The molecule has 3 nitrogen and oxygen atoms in total. The van der Waals surface area contributed by atoms with Crippen LogP contribution < -0.4 is 5.32 Å². The summed E-state index contributed by atoms with van der Waals surface area (Å²) >= 11 is 0. The SMILES string of the molecule is C=C(NCc1cc(C(F)(F)F)cc(C(F)(F)F)c1)C1(CC(C)C)CCN(Cc2ccco2)CC1. The number of hydrogen-bond acceptors (Lipinski definition) is 3. The van der Waals surface area contributed by atoms with Gasteiger partial charge in [-0.2, -0.15) is 26.3 Å². The van der Waals surface area contributed by atoms with Gasteiger partial charge in [-0.3, -0.25) is 4.90 Å². The van der Waals surface area contributed by atoms with Crippen molar-refractivity contribution in [2.24, 2.45) is 11.3 Å². The van der Waals surface area contributed by atoms with Crippen molar-refractivity contribution in [1.82, 2.24) is 10.2 Å². The first-order valence-corrected chi connectivity index (χ1v) is 11.2. The van der Waals surface area contributed by atoms with Crippen molar-refractivity contribution >= 4 is 0 Å². The minimum absolute atomic E-state index is 0.0850. The van der Waals surface area contributed by atoms with E-state index in [1.54, 1.807) is 6.26 Å². The maximum Gasteiger partial charge on any atom is 0.416 e. The van der Waals surface area contributed by atoms with E-state index in [0.29, 0.717) is 18.2 Å².